The van der Waals surface area contributed by atoms with E-state index >= 15 is 0 Å². The molecule has 7 aliphatic rings. The van der Waals surface area contributed by atoms with Gasteiger partial charge in [0, 0.05) is 67.5 Å². The fourth-order valence-corrected chi connectivity index (χ4v) is 17.2. The molecule has 0 N–H and O–H groups in total. The van der Waals surface area contributed by atoms with Gasteiger partial charge in [-0.05, 0) is 126 Å². The van der Waals surface area contributed by atoms with Crippen LogP contribution in [0.15, 0.2) is 303 Å². The molecule has 8 heteroatoms. The number of aromatic nitrogens is 6. The Labute approximate surface area is 553 Å². The maximum atomic E-state index is 6.70. The van der Waals surface area contributed by atoms with Crippen LogP contribution >= 0.6 is 0 Å². The third-order valence-corrected chi connectivity index (χ3v) is 21.1. The molecule has 5 aliphatic carbocycles. The van der Waals surface area contributed by atoms with E-state index in [0.29, 0.717) is 34.9 Å². The van der Waals surface area contributed by atoms with Crippen molar-refractivity contribution in [2.75, 3.05) is 0 Å². The number of fused-ring (bicyclic) bond motifs is 18. The molecule has 0 fully saturated rings. The third kappa shape index (κ3) is 7.32. The first-order valence-corrected chi connectivity index (χ1v) is 32.8. The highest BCUT2D eigenvalue weighted by molar-refractivity contribution is 5.92. The molecule has 446 valence electrons. The van der Waals surface area contributed by atoms with Crippen molar-refractivity contribution in [1.82, 2.24) is 29.9 Å². The van der Waals surface area contributed by atoms with Crippen LogP contribution in [0.3, 0.4) is 0 Å². The second-order valence-corrected chi connectivity index (χ2v) is 25.8. The van der Waals surface area contributed by atoms with Crippen molar-refractivity contribution in [3.05, 3.63) is 381 Å². The van der Waals surface area contributed by atoms with Crippen LogP contribution in [0.2, 0.25) is 0 Å². The van der Waals surface area contributed by atoms with E-state index in [2.05, 4.69) is 267 Å². The van der Waals surface area contributed by atoms with Gasteiger partial charge in [0.15, 0.2) is 34.9 Å². The Bertz CT molecular complexity index is 5400. The van der Waals surface area contributed by atoms with Crippen molar-refractivity contribution >= 4 is 0 Å². The van der Waals surface area contributed by atoms with Gasteiger partial charge in [-0.15, -0.1) is 0 Å². The van der Waals surface area contributed by atoms with Gasteiger partial charge in [0.2, 0.25) is 0 Å². The van der Waals surface area contributed by atoms with Gasteiger partial charge < -0.3 is 9.47 Å². The zero-order valence-electron chi connectivity index (χ0n) is 51.5. The molecule has 0 saturated carbocycles. The molecule has 13 aromatic carbocycles. The predicted octanol–water partition coefficient (Wildman–Crippen LogP) is 20.0. The number of nitrogens with zero attached hydrogens (tertiary/aromatic N) is 6. The van der Waals surface area contributed by atoms with E-state index < -0.39 is 10.8 Å². The van der Waals surface area contributed by atoms with Crippen LogP contribution < -0.4 is 9.47 Å². The molecule has 0 amide bonds. The van der Waals surface area contributed by atoms with Crippen LogP contribution in [-0.2, 0) is 10.8 Å². The number of para-hydroxylation sites is 4. The van der Waals surface area contributed by atoms with Crippen molar-refractivity contribution < 1.29 is 9.47 Å². The second-order valence-electron chi connectivity index (χ2n) is 25.8. The lowest BCUT2D eigenvalue weighted by atomic mass is 9.61. The Balaban J connectivity index is 0.694. The molecule has 96 heavy (non-hydrogen) atoms. The maximum Gasteiger partial charge on any atom is 0.164 e. The highest BCUT2D eigenvalue weighted by Gasteiger charge is 2.53. The van der Waals surface area contributed by atoms with Crippen LogP contribution in [0.25, 0.3) is 90.6 Å². The zero-order chi connectivity index (χ0) is 62.8. The van der Waals surface area contributed by atoms with Crippen molar-refractivity contribution in [2.24, 2.45) is 0 Å². The van der Waals surface area contributed by atoms with Crippen molar-refractivity contribution in [3.63, 3.8) is 0 Å². The molecule has 2 aromatic heterocycles. The summed E-state index contributed by atoms with van der Waals surface area (Å²) in [6, 6.07) is 108. The first-order valence-electron chi connectivity index (χ1n) is 32.8. The number of rotatable bonds is 6. The van der Waals surface area contributed by atoms with Gasteiger partial charge in [-0.25, -0.2) is 29.9 Å². The van der Waals surface area contributed by atoms with Crippen LogP contribution in [0.4, 0.5) is 0 Å². The van der Waals surface area contributed by atoms with E-state index in [1.807, 2.05) is 36.4 Å². The van der Waals surface area contributed by atoms with Gasteiger partial charge >= 0.3 is 0 Å². The summed E-state index contributed by atoms with van der Waals surface area (Å²) in [5.41, 5.74) is 25.8. The Hall–Kier alpha value is -12.5. The lowest BCUT2D eigenvalue weighted by molar-refractivity contribution is 0.436. The Morgan fingerprint density at radius 1 is 0.198 bits per heavy atom. The molecule has 2 unspecified atom stereocenters. The summed E-state index contributed by atoms with van der Waals surface area (Å²) < 4.78 is 13.4. The molecule has 15 aromatic rings. The van der Waals surface area contributed by atoms with Gasteiger partial charge in [-0.2, -0.15) is 0 Å². The van der Waals surface area contributed by atoms with E-state index in [1.165, 1.54) is 77.9 Å². The van der Waals surface area contributed by atoms with Gasteiger partial charge in [0.05, 0.1) is 10.8 Å². The van der Waals surface area contributed by atoms with Gasteiger partial charge in [0.1, 0.15) is 23.0 Å². The van der Waals surface area contributed by atoms with E-state index in [1.54, 1.807) is 0 Å². The number of hydrogen-bond acceptors (Lipinski definition) is 8. The van der Waals surface area contributed by atoms with Crippen LogP contribution in [0.1, 0.15) is 89.7 Å². The maximum absolute atomic E-state index is 6.70. The lowest BCUT2D eigenvalue weighted by Gasteiger charge is -2.42. The van der Waals surface area contributed by atoms with E-state index in [-0.39, 0.29) is 11.8 Å². The van der Waals surface area contributed by atoms with E-state index in [9.17, 15) is 0 Å². The number of hydrogen-bond donors (Lipinski definition) is 0. The van der Waals surface area contributed by atoms with Crippen molar-refractivity contribution in [1.29, 1.82) is 0 Å². The smallest absolute Gasteiger partial charge is 0.164 e. The average molecular weight is 1230 g/mol. The molecular weight excluding hydrogens is 1170 g/mol. The molecular formula is C88H52N6O2. The lowest BCUT2D eigenvalue weighted by Crippen LogP contribution is -2.32. The largest absolute Gasteiger partial charge is 0.457 e. The monoisotopic (exact) mass is 1220 g/mol. The molecule has 0 radical (unpaired) electrons. The minimum Gasteiger partial charge on any atom is -0.457 e. The number of ether oxygens (including phenoxy) is 2. The minimum atomic E-state index is -0.648. The molecule has 4 heterocycles. The van der Waals surface area contributed by atoms with Gasteiger partial charge in [-0.3, -0.25) is 0 Å². The Morgan fingerprint density at radius 3 is 0.844 bits per heavy atom. The zero-order valence-corrected chi connectivity index (χ0v) is 51.5. The summed E-state index contributed by atoms with van der Waals surface area (Å²) in [6.45, 7) is 0. The fourth-order valence-electron chi connectivity index (χ4n) is 17.2. The molecule has 2 aliphatic heterocycles. The van der Waals surface area contributed by atoms with Crippen LogP contribution in [0.5, 0.6) is 23.0 Å². The summed E-state index contributed by atoms with van der Waals surface area (Å²) in [7, 11) is 0. The summed E-state index contributed by atoms with van der Waals surface area (Å²) in [6.07, 6.45) is 0. The topological polar surface area (TPSA) is 95.8 Å². The molecule has 22 rings (SSSR count). The summed E-state index contributed by atoms with van der Waals surface area (Å²) in [5, 5.41) is 0. The highest BCUT2D eigenvalue weighted by Crippen LogP contribution is 2.65. The molecule has 8 nitrogen and oxygen atoms in total. The molecule has 2 bridgehead atoms. The van der Waals surface area contributed by atoms with Crippen LogP contribution in [-0.4, -0.2) is 29.9 Å². The standard InChI is InChI=1S/C88H52N6O2/c1-3-21-51(22-4-1)81-89-83(93-85(91-81)55-39-43-59-57-25-9-11-29-67(57)87(73(59)49-55)69-31-13-17-35-75(69)95-76-36-18-14-32-70(76)87)53-41-45-63-65(47-53)79-61-27-7-8-28-62(61)80(63)66-48-54(42-46-64(66)79)84-90-82(52-23-5-2-6-24-52)92-86(94-84)56-40-44-60-58-26-10-12-30-68(58)88(74(60)50-56)71-33-15-19-37-77(71)96-78-38-20-16-34-72(78)88/h1-50,79-80H. The first kappa shape index (κ1) is 53.0. The normalized spacial score (nSPS) is 15.6. The first-order chi connectivity index (χ1) is 47.6. The molecule has 0 saturated heterocycles. The second kappa shape index (κ2) is 20.0. The average Bonchev–Trinajstić information content (AvgIpc) is 1.43. The van der Waals surface area contributed by atoms with Gasteiger partial charge in [0.25, 0.3) is 0 Å². The predicted molar refractivity (Wildman–Crippen MR) is 375 cm³/mol. The SMILES string of the molecule is c1ccc(-c2nc(-c3ccc4c(c3)C3c5ccccc5C4c4cc(-c5nc(-c6ccccc6)nc(-c6ccc7c(c6)C6(c8ccccc8Oc8ccccc86)c6ccccc6-7)n5)ccc43)nc(-c3ccc4c(c3)C3(c5ccccc5Oc5ccccc53)c3ccccc3-4)n2)cc1. The quantitative estimate of drug-likeness (QED) is 0.162. The minimum absolute atomic E-state index is 0.0584. The summed E-state index contributed by atoms with van der Waals surface area (Å²) in [5.74, 6) is 6.91. The molecule has 2 spiro atoms. The summed E-state index contributed by atoms with van der Waals surface area (Å²) >= 11 is 0. The Kier molecular flexibility index (Phi) is 11.0. The molecule has 2 atom stereocenters. The van der Waals surface area contributed by atoms with Gasteiger partial charge in [-0.1, -0.05) is 255 Å². The van der Waals surface area contributed by atoms with Crippen molar-refractivity contribution in [3.8, 4) is 114 Å². The Morgan fingerprint density at radius 2 is 0.469 bits per heavy atom. The van der Waals surface area contributed by atoms with E-state index in [0.717, 1.165) is 78.6 Å². The number of benzene rings is 13. The summed E-state index contributed by atoms with van der Waals surface area (Å²) in [4.78, 5) is 32.4. The highest BCUT2D eigenvalue weighted by atomic mass is 16.5. The van der Waals surface area contributed by atoms with Crippen molar-refractivity contribution in [2.45, 2.75) is 22.7 Å². The fraction of sp³-hybridized carbons (Fsp3) is 0.0455. The van der Waals surface area contributed by atoms with E-state index in [4.69, 9.17) is 39.4 Å². The van der Waals surface area contributed by atoms with Crippen LogP contribution in [0, 0.1) is 0 Å². The third-order valence-electron chi connectivity index (χ3n) is 21.1.